The van der Waals surface area contributed by atoms with Gasteiger partial charge in [0, 0.05) is 11.9 Å². The quantitative estimate of drug-likeness (QED) is 0.923. The normalized spacial score (nSPS) is 18.3. The number of rotatable bonds is 3. The van der Waals surface area contributed by atoms with Crippen LogP contribution in [-0.4, -0.2) is 20.6 Å². The number of benzene rings is 2. The standard InChI is InChI=1S/C17H15FN2O3S/c1-24(22,23)16-14(19)17(21)20(13-9-7-12(18)8-10-13)15(16)11-5-3-2-4-6-11/h2-10,15H,19H2,1H3. The van der Waals surface area contributed by atoms with Crippen LogP contribution in [-0.2, 0) is 14.6 Å². The number of nitrogens with two attached hydrogens (primary N) is 1. The summed E-state index contributed by atoms with van der Waals surface area (Å²) in [5.41, 5.74) is 6.50. The summed E-state index contributed by atoms with van der Waals surface area (Å²) in [7, 11) is -3.71. The Hall–Kier alpha value is -2.67. The van der Waals surface area contributed by atoms with Gasteiger partial charge in [-0.2, -0.15) is 0 Å². The first-order valence-electron chi connectivity index (χ1n) is 7.14. The van der Waals surface area contributed by atoms with Crippen LogP contribution in [0.3, 0.4) is 0 Å². The number of hydrogen-bond donors (Lipinski definition) is 1. The molecule has 1 heterocycles. The molecule has 5 nitrogen and oxygen atoms in total. The highest BCUT2D eigenvalue weighted by Crippen LogP contribution is 2.41. The number of amides is 1. The molecule has 0 aliphatic carbocycles. The molecular weight excluding hydrogens is 331 g/mol. The molecule has 7 heteroatoms. The van der Waals surface area contributed by atoms with Crippen LogP contribution in [0.15, 0.2) is 65.2 Å². The van der Waals surface area contributed by atoms with E-state index in [2.05, 4.69) is 0 Å². The molecule has 0 saturated heterocycles. The lowest BCUT2D eigenvalue weighted by molar-refractivity contribution is -0.114. The minimum absolute atomic E-state index is 0.136. The zero-order chi connectivity index (χ0) is 17.5. The second-order valence-electron chi connectivity index (χ2n) is 5.51. The van der Waals surface area contributed by atoms with Crippen molar-refractivity contribution in [3.8, 4) is 0 Å². The van der Waals surface area contributed by atoms with Crippen LogP contribution in [0.25, 0.3) is 0 Å². The summed E-state index contributed by atoms with van der Waals surface area (Å²) in [5, 5.41) is 0. The van der Waals surface area contributed by atoms with E-state index in [-0.39, 0.29) is 10.6 Å². The van der Waals surface area contributed by atoms with Gasteiger partial charge in [-0.3, -0.25) is 9.69 Å². The molecule has 0 radical (unpaired) electrons. The van der Waals surface area contributed by atoms with Gasteiger partial charge >= 0.3 is 0 Å². The van der Waals surface area contributed by atoms with Crippen molar-refractivity contribution in [1.29, 1.82) is 0 Å². The first-order chi connectivity index (χ1) is 11.3. The molecule has 1 aliphatic heterocycles. The third-order valence-corrected chi connectivity index (χ3v) is 5.08. The molecule has 2 N–H and O–H groups in total. The van der Waals surface area contributed by atoms with Gasteiger partial charge in [-0.1, -0.05) is 30.3 Å². The molecule has 2 aromatic rings. The van der Waals surface area contributed by atoms with E-state index < -0.39 is 27.6 Å². The Balaban J connectivity index is 2.22. The first-order valence-corrected chi connectivity index (χ1v) is 9.03. The van der Waals surface area contributed by atoms with Crippen molar-refractivity contribution in [2.75, 3.05) is 11.2 Å². The predicted octanol–water partition coefficient (Wildman–Crippen LogP) is 2.13. The molecule has 0 bridgehead atoms. The van der Waals surface area contributed by atoms with Gasteiger partial charge < -0.3 is 5.73 Å². The molecule has 0 spiro atoms. The Morgan fingerprint density at radius 3 is 2.17 bits per heavy atom. The maximum absolute atomic E-state index is 13.2. The maximum atomic E-state index is 13.2. The lowest BCUT2D eigenvalue weighted by Gasteiger charge is -2.27. The van der Waals surface area contributed by atoms with Gasteiger partial charge in [-0.15, -0.1) is 0 Å². The molecule has 3 rings (SSSR count). The number of sulfone groups is 1. The van der Waals surface area contributed by atoms with Crippen LogP contribution in [0.4, 0.5) is 10.1 Å². The fourth-order valence-electron chi connectivity index (χ4n) is 2.82. The van der Waals surface area contributed by atoms with E-state index in [0.29, 0.717) is 11.3 Å². The van der Waals surface area contributed by atoms with E-state index in [9.17, 15) is 17.6 Å². The summed E-state index contributed by atoms with van der Waals surface area (Å²) in [6.45, 7) is 0. The van der Waals surface area contributed by atoms with Gasteiger partial charge in [0.25, 0.3) is 5.91 Å². The zero-order valence-corrected chi connectivity index (χ0v) is 13.6. The number of carbonyl (C=O) groups is 1. The molecule has 124 valence electrons. The Kier molecular flexibility index (Phi) is 3.88. The molecule has 0 fully saturated rings. The van der Waals surface area contributed by atoms with E-state index in [1.807, 2.05) is 0 Å². The predicted molar refractivity (Wildman–Crippen MR) is 89.1 cm³/mol. The van der Waals surface area contributed by atoms with Gasteiger partial charge in [-0.05, 0) is 29.8 Å². The third kappa shape index (κ3) is 2.67. The summed E-state index contributed by atoms with van der Waals surface area (Å²) < 4.78 is 37.7. The molecule has 1 amide bonds. The van der Waals surface area contributed by atoms with Crippen molar-refractivity contribution in [2.45, 2.75) is 6.04 Å². The van der Waals surface area contributed by atoms with Crippen molar-refractivity contribution in [3.05, 3.63) is 76.6 Å². The van der Waals surface area contributed by atoms with E-state index >= 15 is 0 Å². The second kappa shape index (κ2) is 5.76. The van der Waals surface area contributed by atoms with Crippen LogP contribution in [0.2, 0.25) is 0 Å². The van der Waals surface area contributed by atoms with Crippen molar-refractivity contribution >= 4 is 21.4 Å². The Bertz CT molecular complexity index is 922. The molecule has 1 atom stereocenters. The molecule has 2 aromatic carbocycles. The molecule has 1 unspecified atom stereocenters. The van der Waals surface area contributed by atoms with Crippen LogP contribution >= 0.6 is 0 Å². The SMILES string of the molecule is CS(=O)(=O)C1=C(N)C(=O)N(c2ccc(F)cc2)C1c1ccccc1. The lowest BCUT2D eigenvalue weighted by Crippen LogP contribution is -2.31. The third-order valence-electron chi connectivity index (χ3n) is 3.84. The van der Waals surface area contributed by atoms with Gasteiger partial charge in [0.05, 0.1) is 0 Å². The fourth-order valence-corrected chi connectivity index (χ4v) is 3.96. The average Bonchev–Trinajstić information content (AvgIpc) is 2.81. The minimum atomic E-state index is -3.71. The largest absolute Gasteiger partial charge is 0.393 e. The van der Waals surface area contributed by atoms with E-state index in [0.717, 1.165) is 6.26 Å². The topological polar surface area (TPSA) is 80.5 Å². The van der Waals surface area contributed by atoms with Gasteiger partial charge in [-0.25, -0.2) is 12.8 Å². The summed E-state index contributed by atoms with van der Waals surface area (Å²) in [4.78, 5) is 13.8. The van der Waals surface area contributed by atoms with Gasteiger partial charge in [0.2, 0.25) is 0 Å². The average molecular weight is 346 g/mol. The molecule has 0 saturated carbocycles. The first kappa shape index (κ1) is 16.2. The zero-order valence-electron chi connectivity index (χ0n) is 12.8. The molecular formula is C17H15FN2O3S. The van der Waals surface area contributed by atoms with Gasteiger partial charge in [0.15, 0.2) is 9.84 Å². The fraction of sp³-hybridized carbons (Fsp3) is 0.118. The van der Waals surface area contributed by atoms with Crippen molar-refractivity contribution in [3.63, 3.8) is 0 Å². The smallest absolute Gasteiger partial charge is 0.276 e. The number of hydrogen-bond acceptors (Lipinski definition) is 4. The van der Waals surface area contributed by atoms with Crippen LogP contribution in [0.5, 0.6) is 0 Å². The lowest BCUT2D eigenvalue weighted by atomic mass is 10.1. The molecule has 0 aromatic heterocycles. The van der Waals surface area contributed by atoms with E-state index in [1.54, 1.807) is 30.3 Å². The summed E-state index contributed by atoms with van der Waals surface area (Å²) in [6, 6.07) is 13.1. The highest BCUT2D eigenvalue weighted by Gasteiger charge is 2.44. The molecule has 24 heavy (non-hydrogen) atoms. The summed E-state index contributed by atoms with van der Waals surface area (Å²) in [5.74, 6) is -1.07. The monoisotopic (exact) mass is 346 g/mol. The highest BCUT2D eigenvalue weighted by atomic mass is 32.2. The number of anilines is 1. The maximum Gasteiger partial charge on any atom is 0.276 e. The van der Waals surface area contributed by atoms with Crippen molar-refractivity contribution < 1.29 is 17.6 Å². The summed E-state index contributed by atoms with van der Waals surface area (Å²) in [6.07, 6.45) is 1.02. The van der Waals surface area contributed by atoms with Gasteiger partial charge in [0.1, 0.15) is 22.5 Å². The van der Waals surface area contributed by atoms with Crippen molar-refractivity contribution in [2.24, 2.45) is 5.73 Å². The van der Waals surface area contributed by atoms with Crippen LogP contribution in [0, 0.1) is 5.82 Å². The van der Waals surface area contributed by atoms with E-state index in [1.165, 1.54) is 29.2 Å². The van der Waals surface area contributed by atoms with Crippen molar-refractivity contribution in [1.82, 2.24) is 0 Å². The molecule has 1 aliphatic rings. The van der Waals surface area contributed by atoms with E-state index in [4.69, 9.17) is 5.73 Å². The number of carbonyl (C=O) groups excluding carboxylic acids is 1. The number of halogens is 1. The highest BCUT2D eigenvalue weighted by molar-refractivity contribution is 7.94. The Morgan fingerprint density at radius 2 is 1.62 bits per heavy atom. The minimum Gasteiger partial charge on any atom is -0.393 e. The van der Waals surface area contributed by atoms with Crippen LogP contribution in [0.1, 0.15) is 11.6 Å². The Morgan fingerprint density at radius 1 is 1.04 bits per heavy atom. The summed E-state index contributed by atoms with van der Waals surface area (Å²) >= 11 is 0. The van der Waals surface area contributed by atoms with Crippen LogP contribution < -0.4 is 10.6 Å². The Labute approximate surface area is 139 Å². The second-order valence-corrected chi connectivity index (χ2v) is 7.50. The number of nitrogens with zero attached hydrogens (tertiary/aromatic N) is 1.